The van der Waals surface area contributed by atoms with Gasteiger partial charge in [-0.05, 0) is 31.0 Å². The number of carboxylic acid groups (broad SMARTS) is 1. The quantitative estimate of drug-likeness (QED) is 0.819. The molecule has 2 N–H and O–H groups in total. The van der Waals surface area contributed by atoms with Gasteiger partial charge in [0.25, 0.3) is 0 Å². The zero-order chi connectivity index (χ0) is 13.5. The van der Waals surface area contributed by atoms with Crippen molar-refractivity contribution in [1.29, 1.82) is 0 Å². The highest BCUT2D eigenvalue weighted by atomic mass is 79.9. The molecule has 0 aliphatic carbocycles. The lowest BCUT2D eigenvalue weighted by atomic mass is 10.1. The minimum atomic E-state index is -1.13. The number of nitrogens with one attached hydrogen (secondary N) is 1. The topological polar surface area (TPSA) is 66.4 Å². The SMILES string of the molecule is CC(Cc1ccc(Br)cc1)NC(=O)/C=C/C(=O)O. The third kappa shape index (κ3) is 5.63. The van der Waals surface area contributed by atoms with E-state index >= 15 is 0 Å². The number of carboxylic acids is 1. The number of aliphatic carboxylic acids is 1. The maximum absolute atomic E-state index is 11.3. The molecule has 0 spiro atoms. The van der Waals surface area contributed by atoms with Crippen LogP contribution < -0.4 is 5.32 Å². The van der Waals surface area contributed by atoms with Crippen LogP contribution in [-0.4, -0.2) is 23.0 Å². The van der Waals surface area contributed by atoms with E-state index in [1.807, 2.05) is 31.2 Å². The Kier molecular flexibility index (Phi) is 5.58. The maximum Gasteiger partial charge on any atom is 0.328 e. The summed E-state index contributed by atoms with van der Waals surface area (Å²) in [5.41, 5.74) is 1.10. The first kappa shape index (κ1) is 14.4. The minimum absolute atomic E-state index is 0.0582. The van der Waals surface area contributed by atoms with Gasteiger partial charge in [-0.15, -0.1) is 0 Å². The zero-order valence-corrected chi connectivity index (χ0v) is 11.5. The van der Waals surface area contributed by atoms with E-state index in [1.54, 1.807) is 0 Å². The number of benzene rings is 1. The predicted octanol–water partition coefficient (Wildman–Crippen LogP) is 2.14. The fourth-order valence-electron chi connectivity index (χ4n) is 1.46. The molecule has 0 aliphatic heterocycles. The van der Waals surface area contributed by atoms with Gasteiger partial charge in [-0.25, -0.2) is 4.79 Å². The average molecular weight is 312 g/mol. The van der Waals surface area contributed by atoms with Crippen LogP contribution in [0.15, 0.2) is 40.9 Å². The Balaban J connectivity index is 2.46. The Morgan fingerprint density at radius 1 is 1.33 bits per heavy atom. The first-order chi connectivity index (χ1) is 8.47. The van der Waals surface area contributed by atoms with Crippen molar-refractivity contribution >= 4 is 27.8 Å². The fraction of sp³-hybridized carbons (Fsp3) is 0.231. The van der Waals surface area contributed by atoms with Gasteiger partial charge in [-0.3, -0.25) is 4.79 Å². The molecule has 0 saturated carbocycles. The second kappa shape index (κ2) is 6.96. The standard InChI is InChI=1S/C13H14BrNO3/c1-9(15-12(16)6-7-13(17)18)8-10-2-4-11(14)5-3-10/h2-7,9H,8H2,1H3,(H,15,16)(H,17,18)/b7-6+. The van der Waals surface area contributed by atoms with Gasteiger partial charge in [-0.2, -0.15) is 0 Å². The molecular weight excluding hydrogens is 298 g/mol. The summed E-state index contributed by atoms with van der Waals surface area (Å²) in [6.07, 6.45) is 2.53. The Bertz CT molecular complexity index is 454. The molecule has 0 saturated heterocycles. The number of hydrogen-bond acceptors (Lipinski definition) is 2. The van der Waals surface area contributed by atoms with Crippen LogP contribution in [0, 0.1) is 0 Å². The van der Waals surface area contributed by atoms with Crippen LogP contribution in [-0.2, 0) is 16.0 Å². The highest BCUT2D eigenvalue weighted by molar-refractivity contribution is 9.10. The molecule has 0 radical (unpaired) electrons. The van der Waals surface area contributed by atoms with E-state index in [9.17, 15) is 9.59 Å². The summed E-state index contributed by atoms with van der Waals surface area (Å²) >= 11 is 3.35. The number of hydrogen-bond donors (Lipinski definition) is 2. The number of amides is 1. The van der Waals surface area contributed by atoms with E-state index in [2.05, 4.69) is 21.2 Å². The summed E-state index contributed by atoms with van der Waals surface area (Å²) < 4.78 is 1.01. The average Bonchev–Trinajstić information content (AvgIpc) is 2.29. The van der Waals surface area contributed by atoms with Crippen molar-refractivity contribution in [3.8, 4) is 0 Å². The van der Waals surface area contributed by atoms with Crippen LogP contribution in [0.5, 0.6) is 0 Å². The Morgan fingerprint density at radius 3 is 2.50 bits per heavy atom. The second-order valence-electron chi connectivity index (χ2n) is 3.91. The number of rotatable bonds is 5. The molecule has 4 nitrogen and oxygen atoms in total. The lowest BCUT2D eigenvalue weighted by Crippen LogP contribution is -2.32. The van der Waals surface area contributed by atoms with Gasteiger partial charge in [0.05, 0.1) is 0 Å². The molecule has 1 amide bonds. The third-order valence-corrected chi connectivity index (χ3v) is 2.75. The first-order valence-electron chi connectivity index (χ1n) is 5.43. The maximum atomic E-state index is 11.3. The van der Waals surface area contributed by atoms with Gasteiger partial charge in [0.15, 0.2) is 0 Å². The van der Waals surface area contributed by atoms with E-state index < -0.39 is 11.9 Å². The van der Waals surface area contributed by atoms with Crippen LogP contribution in [0.3, 0.4) is 0 Å². The normalized spacial score (nSPS) is 12.3. The molecule has 1 atom stereocenters. The highest BCUT2D eigenvalue weighted by Gasteiger charge is 2.06. The highest BCUT2D eigenvalue weighted by Crippen LogP contribution is 2.11. The molecule has 1 aromatic carbocycles. The van der Waals surface area contributed by atoms with E-state index in [4.69, 9.17) is 5.11 Å². The van der Waals surface area contributed by atoms with E-state index in [0.29, 0.717) is 6.42 Å². The number of halogens is 1. The van der Waals surface area contributed by atoms with Crippen molar-refractivity contribution < 1.29 is 14.7 Å². The van der Waals surface area contributed by atoms with Crippen LogP contribution in [0.2, 0.25) is 0 Å². The summed E-state index contributed by atoms with van der Waals surface area (Å²) in [6.45, 7) is 1.87. The van der Waals surface area contributed by atoms with Crippen molar-refractivity contribution in [2.24, 2.45) is 0 Å². The molecule has 1 unspecified atom stereocenters. The van der Waals surface area contributed by atoms with Gasteiger partial charge in [-0.1, -0.05) is 28.1 Å². The fourth-order valence-corrected chi connectivity index (χ4v) is 1.73. The van der Waals surface area contributed by atoms with Gasteiger partial charge in [0.2, 0.25) is 5.91 Å². The van der Waals surface area contributed by atoms with Crippen molar-refractivity contribution in [3.05, 3.63) is 46.5 Å². The van der Waals surface area contributed by atoms with Crippen LogP contribution >= 0.6 is 15.9 Å². The number of carbonyl (C=O) groups is 2. The van der Waals surface area contributed by atoms with Gasteiger partial charge < -0.3 is 10.4 Å². The number of carbonyl (C=O) groups excluding carboxylic acids is 1. The van der Waals surface area contributed by atoms with Gasteiger partial charge in [0, 0.05) is 22.7 Å². The molecule has 0 heterocycles. The molecular formula is C13H14BrNO3. The Morgan fingerprint density at radius 2 is 1.94 bits per heavy atom. The molecule has 0 fully saturated rings. The zero-order valence-electron chi connectivity index (χ0n) is 9.89. The van der Waals surface area contributed by atoms with Crippen LogP contribution in [0.1, 0.15) is 12.5 Å². The van der Waals surface area contributed by atoms with Crippen LogP contribution in [0.4, 0.5) is 0 Å². The summed E-state index contributed by atoms with van der Waals surface area (Å²) in [5.74, 6) is -1.53. The lowest BCUT2D eigenvalue weighted by molar-refractivity contribution is -0.131. The van der Waals surface area contributed by atoms with Crippen molar-refractivity contribution in [3.63, 3.8) is 0 Å². The molecule has 0 aliphatic rings. The molecule has 18 heavy (non-hydrogen) atoms. The van der Waals surface area contributed by atoms with Gasteiger partial charge in [0.1, 0.15) is 0 Å². The molecule has 5 heteroatoms. The van der Waals surface area contributed by atoms with Crippen molar-refractivity contribution in [1.82, 2.24) is 5.32 Å². The summed E-state index contributed by atoms with van der Waals surface area (Å²) in [7, 11) is 0. The summed E-state index contributed by atoms with van der Waals surface area (Å²) in [4.78, 5) is 21.6. The minimum Gasteiger partial charge on any atom is -0.478 e. The van der Waals surface area contributed by atoms with Gasteiger partial charge >= 0.3 is 5.97 Å². The van der Waals surface area contributed by atoms with E-state index in [0.717, 1.165) is 22.2 Å². The molecule has 96 valence electrons. The largest absolute Gasteiger partial charge is 0.478 e. The predicted molar refractivity (Wildman–Crippen MR) is 72.2 cm³/mol. The van der Waals surface area contributed by atoms with E-state index in [1.165, 1.54) is 0 Å². The molecule has 1 rings (SSSR count). The summed E-state index contributed by atoms with van der Waals surface area (Å²) in [6, 6.07) is 7.76. The molecule has 1 aromatic rings. The smallest absolute Gasteiger partial charge is 0.328 e. The second-order valence-corrected chi connectivity index (χ2v) is 4.83. The Labute approximate surface area is 114 Å². The Hall–Kier alpha value is -1.62. The lowest BCUT2D eigenvalue weighted by Gasteiger charge is -2.12. The molecule has 0 aromatic heterocycles. The van der Waals surface area contributed by atoms with E-state index in [-0.39, 0.29) is 6.04 Å². The summed E-state index contributed by atoms with van der Waals surface area (Å²) in [5, 5.41) is 11.1. The first-order valence-corrected chi connectivity index (χ1v) is 6.22. The van der Waals surface area contributed by atoms with Crippen molar-refractivity contribution in [2.45, 2.75) is 19.4 Å². The van der Waals surface area contributed by atoms with Crippen LogP contribution in [0.25, 0.3) is 0 Å². The van der Waals surface area contributed by atoms with Crippen molar-refractivity contribution in [2.75, 3.05) is 0 Å². The molecule has 0 bridgehead atoms. The third-order valence-electron chi connectivity index (χ3n) is 2.22. The monoisotopic (exact) mass is 311 g/mol.